The molecule has 0 saturated heterocycles. The van der Waals surface area contributed by atoms with Crippen LogP contribution in [0, 0.1) is 29.1 Å². The van der Waals surface area contributed by atoms with Crippen molar-refractivity contribution >= 4 is 11.9 Å². The summed E-state index contributed by atoms with van der Waals surface area (Å²) in [5, 5.41) is 3.48. The topological polar surface area (TPSA) is 42.9 Å². The van der Waals surface area contributed by atoms with Gasteiger partial charge in [0.2, 0.25) is 5.82 Å². The number of anilines is 1. The molecule has 0 aliphatic heterocycles. The van der Waals surface area contributed by atoms with Gasteiger partial charge in [-0.25, -0.2) is 22.0 Å². The Balaban J connectivity index is 2.34. The largest absolute Gasteiger partial charge is 0.497 e. The van der Waals surface area contributed by atoms with Crippen molar-refractivity contribution in [2.45, 2.75) is 0 Å². The minimum absolute atomic E-state index is 0.355. The Morgan fingerprint density at radius 1 is 0.875 bits per heavy atom. The SMILES string of the molecule is COc1ccc(OC)c(C=NNc2c(F)c(F)c(F)c(F)c2F)c1. The lowest BCUT2D eigenvalue weighted by atomic mass is 10.2. The summed E-state index contributed by atoms with van der Waals surface area (Å²) in [4.78, 5) is 0. The van der Waals surface area contributed by atoms with Gasteiger partial charge < -0.3 is 9.47 Å². The number of hydrogen-bond donors (Lipinski definition) is 1. The van der Waals surface area contributed by atoms with Gasteiger partial charge >= 0.3 is 0 Å². The van der Waals surface area contributed by atoms with E-state index in [0.717, 1.165) is 6.21 Å². The van der Waals surface area contributed by atoms with E-state index in [1.54, 1.807) is 17.6 Å². The molecule has 2 aromatic rings. The first kappa shape index (κ1) is 17.5. The van der Waals surface area contributed by atoms with Crippen LogP contribution < -0.4 is 14.9 Å². The summed E-state index contributed by atoms with van der Waals surface area (Å²) in [6, 6.07) is 4.66. The third-order valence-corrected chi connectivity index (χ3v) is 3.03. The molecule has 0 unspecified atom stereocenters. The average molecular weight is 346 g/mol. The lowest BCUT2D eigenvalue weighted by Gasteiger charge is -2.08. The summed E-state index contributed by atoms with van der Waals surface area (Å²) in [6.45, 7) is 0. The molecule has 0 spiro atoms. The van der Waals surface area contributed by atoms with Crippen LogP contribution in [0.1, 0.15) is 5.56 Å². The quantitative estimate of drug-likeness (QED) is 0.294. The molecule has 1 N–H and O–H groups in total. The fourth-order valence-electron chi connectivity index (χ4n) is 1.81. The van der Waals surface area contributed by atoms with Gasteiger partial charge in [-0.15, -0.1) is 0 Å². The van der Waals surface area contributed by atoms with Gasteiger partial charge in [0, 0.05) is 5.56 Å². The second-order valence-corrected chi connectivity index (χ2v) is 4.42. The molecule has 0 aromatic heterocycles. The summed E-state index contributed by atoms with van der Waals surface area (Å²) in [7, 11) is 2.81. The van der Waals surface area contributed by atoms with E-state index in [1.807, 2.05) is 0 Å². The van der Waals surface area contributed by atoms with Gasteiger partial charge in [-0.05, 0) is 18.2 Å². The second-order valence-electron chi connectivity index (χ2n) is 4.42. The summed E-state index contributed by atoms with van der Waals surface area (Å²) in [5.41, 5.74) is 0.899. The second kappa shape index (κ2) is 7.16. The van der Waals surface area contributed by atoms with Crippen LogP contribution in [0.2, 0.25) is 0 Å². The molecular weight excluding hydrogens is 335 g/mol. The van der Waals surface area contributed by atoms with Crippen molar-refractivity contribution in [3.63, 3.8) is 0 Å². The Morgan fingerprint density at radius 2 is 1.46 bits per heavy atom. The normalized spacial score (nSPS) is 11.0. The van der Waals surface area contributed by atoms with E-state index in [9.17, 15) is 22.0 Å². The predicted octanol–water partition coefficient (Wildman–Crippen LogP) is 3.85. The first-order chi connectivity index (χ1) is 11.4. The molecule has 0 heterocycles. The molecule has 0 aliphatic rings. The van der Waals surface area contributed by atoms with E-state index < -0.39 is 34.8 Å². The summed E-state index contributed by atoms with van der Waals surface area (Å²) < 4.78 is 76.1. The number of nitrogens with zero attached hydrogens (tertiary/aromatic N) is 1. The Labute approximate surface area is 133 Å². The maximum atomic E-state index is 13.5. The molecule has 9 heteroatoms. The Hall–Kier alpha value is -2.84. The minimum Gasteiger partial charge on any atom is -0.497 e. The van der Waals surface area contributed by atoms with Crippen LogP contribution in [0.5, 0.6) is 11.5 Å². The number of methoxy groups -OCH3 is 2. The molecule has 2 aromatic carbocycles. The molecule has 0 aliphatic carbocycles. The summed E-state index contributed by atoms with van der Waals surface area (Å²) in [6.07, 6.45) is 1.08. The molecule has 0 atom stereocenters. The average Bonchev–Trinajstić information content (AvgIpc) is 2.61. The number of rotatable bonds is 5. The van der Waals surface area contributed by atoms with Crippen LogP contribution in [-0.2, 0) is 0 Å². The van der Waals surface area contributed by atoms with Crippen LogP contribution in [0.4, 0.5) is 27.6 Å². The highest BCUT2D eigenvalue weighted by atomic mass is 19.2. The third kappa shape index (κ3) is 3.24. The molecule has 0 bridgehead atoms. The lowest BCUT2D eigenvalue weighted by molar-refractivity contribution is 0.381. The van der Waals surface area contributed by atoms with E-state index in [0.29, 0.717) is 17.1 Å². The van der Waals surface area contributed by atoms with Crippen molar-refractivity contribution in [3.05, 3.63) is 52.8 Å². The zero-order valence-electron chi connectivity index (χ0n) is 12.5. The molecule has 0 saturated carbocycles. The van der Waals surface area contributed by atoms with Crippen LogP contribution in [0.15, 0.2) is 23.3 Å². The van der Waals surface area contributed by atoms with Gasteiger partial charge in [-0.3, -0.25) is 5.43 Å². The fraction of sp³-hybridized carbons (Fsp3) is 0.133. The van der Waals surface area contributed by atoms with Crippen molar-refractivity contribution in [1.82, 2.24) is 0 Å². The van der Waals surface area contributed by atoms with Crippen LogP contribution in [0.25, 0.3) is 0 Å². The first-order valence-electron chi connectivity index (χ1n) is 6.43. The Kier molecular flexibility index (Phi) is 5.22. The number of halogens is 5. The summed E-state index contributed by atoms with van der Waals surface area (Å²) in [5.74, 6) is -9.58. The molecule has 2 rings (SSSR count). The lowest BCUT2D eigenvalue weighted by Crippen LogP contribution is -2.06. The van der Waals surface area contributed by atoms with Crippen LogP contribution in [0.3, 0.4) is 0 Å². The van der Waals surface area contributed by atoms with Crippen molar-refractivity contribution in [2.24, 2.45) is 5.10 Å². The number of hydrogen-bond acceptors (Lipinski definition) is 4. The maximum Gasteiger partial charge on any atom is 0.200 e. The maximum absolute atomic E-state index is 13.5. The van der Waals surface area contributed by atoms with E-state index in [-0.39, 0.29) is 0 Å². The van der Waals surface area contributed by atoms with Crippen molar-refractivity contribution in [3.8, 4) is 11.5 Å². The number of hydrazone groups is 1. The van der Waals surface area contributed by atoms with Crippen molar-refractivity contribution in [1.29, 1.82) is 0 Å². The Morgan fingerprint density at radius 3 is 2.00 bits per heavy atom. The fourth-order valence-corrected chi connectivity index (χ4v) is 1.81. The predicted molar refractivity (Wildman–Crippen MR) is 77.0 cm³/mol. The number of ether oxygens (including phenoxy) is 2. The molecule has 0 fully saturated rings. The van der Waals surface area contributed by atoms with Crippen molar-refractivity contribution in [2.75, 3.05) is 19.6 Å². The van der Waals surface area contributed by atoms with E-state index >= 15 is 0 Å². The summed E-state index contributed by atoms with van der Waals surface area (Å²) >= 11 is 0. The smallest absolute Gasteiger partial charge is 0.200 e. The molecule has 4 nitrogen and oxygen atoms in total. The molecule has 128 valence electrons. The molecular formula is C15H11F5N2O2. The molecule has 0 amide bonds. The minimum atomic E-state index is -2.24. The first-order valence-corrected chi connectivity index (χ1v) is 6.43. The van der Waals surface area contributed by atoms with E-state index in [1.165, 1.54) is 20.3 Å². The number of nitrogens with one attached hydrogen (secondary N) is 1. The van der Waals surface area contributed by atoms with E-state index in [4.69, 9.17) is 9.47 Å². The third-order valence-electron chi connectivity index (χ3n) is 3.03. The van der Waals surface area contributed by atoms with Crippen molar-refractivity contribution < 1.29 is 31.4 Å². The standard InChI is InChI=1S/C15H11F5N2O2/c1-23-8-3-4-9(24-2)7(5-8)6-21-22-15-13(19)11(17)10(16)12(18)14(15)20/h3-6,22H,1-2H3. The van der Waals surface area contributed by atoms with Gasteiger partial charge in [0.15, 0.2) is 23.3 Å². The highest BCUT2D eigenvalue weighted by Crippen LogP contribution is 2.27. The van der Waals surface area contributed by atoms with Gasteiger partial charge in [0.05, 0.1) is 20.4 Å². The zero-order chi connectivity index (χ0) is 17.9. The van der Waals surface area contributed by atoms with Crippen LogP contribution in [-0.4, -0.2) is 20.4 Å². The Bertz CT molecular complexity index is 767. The van der Waals surface area contributed by atoms with E-state index in [2.05, 4.69) is 5.10 Å². The molecule has 24 heavy (non-hydrogen) atoms. The molecule has 0 radical (unpaired) electrons. The van der Waals surface area contributed by atoms with Crippen LogP contribution >= 0.6 is 0 Å². The van der Waals surface area contributed by atoms with Gasteiger partial charge in [0.25, 0.3) is 0 Å². The highest BCUT2D eigenvalue weighted by Gasteiger charge is 2.25. The van der Waals surface area contributed by atoms with Gasteiger partial charge in [0.1, 0.15) is 17.2 Å². The van der Waals surface area contributed by atoms with Gasteiger partial charge in [-0.2, -0.15) is 5.10 Å². The number of benzene rings is 2. The zero-order valence-corrected chi connectivity index (χ0v) is 12.5. The monoisotopic (exact) mass is 346 g/mol. The highest BCUT2D eigenvalue weighted by molar-refractivity contribution is 5.84. The van der Waals surface area contributed by atoms with Gasteiger partial charge in [-0.1, -0.05) is 0 Å².